The lowest BCUT2D eigenvalue weighted by Crippen LogP contribution is -2.46. The van der Waals surface area contributed by atoms with Gasteiger partial charge in [-0.25, -0.2) is 0 Å². The van der Waals surface area contributed by atoms with Crippen LogP contribution in [0.3, 0.4) is 0 Å². The van der Waals surface area contributed by atoms with Gasteiger partial charge in [0, 0.05) is 18.6 Å². The third-order valence-electron chi connectivity index (χ3n) is 5.52. The summed E-state index contributed by atoms with van der Waals surface area (Å²) in [6.45, 7) is 9.72. The summed E-state index contributed by atoms with van der Waals surface area (Å²) in [5.41, 5.74) is 0.508. The van der Waals surface area contributed by atoms with Crippen molar-refractivity contribution in [2.45, 2.75) is 77.8 Å². The Bertz CT molecular complexity index is 261. The number of hydrogen-bond donors (Lipinski definition) is 1. The first kappa shape index (κ1) is 15.3. The molecular formula is C17H34N2. The molecule has 0 radical (unpaired) electrons. The van der Waals surface area contributed by atoms with E-state index < -0.39 is 0 Å². The summed E-state index contributed by atoms with van der Waals surface area (Å²) >= 11 is 0. The Hall–Kier alpha value is -0.0800. The average Bonchev–Trinajstić information content (AvgIpc) is 2.37. The molecule has 0 aromatic heterocycles. The van der Waals surface area contributed by atoms with Crippen LogP contribution >= 0.6 is 0 Å². The van der Waals surface area contributed by atoms with E-state index in [1.54, 1.807) is 0 Å². The zero-order chi connectivity index (χ0) is 13.9. The lowest BCUT2D eigenvalue weighted by Gasteiger charge is -2.39. The SMILES string of the molecule is CN1CCCCC1CNC1CCC(C(C)(C)C)CC1. The maximum Gasteiger partial charge on any atom is 0.0217 e. The Labute approximate surface area is 120 Å². The van der Waals surface area contributed by atoms with Gasteiger partial charge in [-0.2, -0.15) is 0 Å². The summed E-state index contributed by atoms with van der Waals surface area (Å²) in [7, 11) is 2.29. The predicted molar refractivity (Wildman–Crippen MR) is 83.5 cm³/mol. The van der Waals surface area contributed by atoms with Crippen molar-refractivity contribution in [3.05, 3.63) is 0 Å². The summed E-state index contributed by atoms with van der Waals surface area (Å²) < 4.78 is 0. The molecule has 1 saturated carbocycles. The zero-order valence-electron chi connectivity index (χ0n) is 13.5. The highest BCUT2D eigenvalue weighted by Gasteiger charge is 2.30. The maximum atomic E-state index is 3.85. The molecule has 2 aliphatic rings. The van der Waals surface area contributed by atoms with Crippen LogP contribution in [0.15, 0.2) is 0 Å². The van der Waals surface area contributed by atoms with Crippen molar-refractivity contribution in [3.8, 4) is 0 Å². The van der Waals surface area contributed by atoms with Crippen molar-refractivity contribution < 1.29 is 0 Å². The minimum atomic E-state index is 0.508. The van der Waals surface area contributed by atoms with Crippen LogP contribution in [0.1, 0.15) is 65.7 Å². The highest BCUT2D eigenvalue weighted by atomic mass is 15.2. The summed E-state index contributed by atoms with van der Waals surface area (Å²) in [4.78, 5) is 2.55. The van der Waals surface area contributed by atoms with Crippen molar-refractivity contribution in [2.24, 2.45) is 11.3 Å². The van der Waals surface area contributed by atoms with E-state index in [9.17, 15) is 0 Å². The normalized spacial score (nSPS) is 34.4. The zero-order valence-corrected chi connectivity index (χ0v) is 13.5. The third-order valence-corrected chi connectivity index (χ3v) is 5.52. The van der Waals surface area contributed by atoms with Crippen LogP contribution in [0, 0.1) is 11.3 Å². The molecule has 0 spiro atoms. The van der Waals surface area contributed by atoms with Crippen LogP contribution < -0.4 is 5.32 Å². The minimum Gasteiger partial charge on any atom is -0.312 e. The van der Waals surface area contributed by atoms with E-state index in [0.29, 0.717) is 5.41 Å². The Balaban J connectivity index is 1.68. The highest BCUT2D eigenvalue weighted by Crippen LogP contribution is 2.37. The van der Waals surface area contributed by atoms with E-state index in [1.807, 2.05) is 0 Å². The van der Waals surface area contributed by atoms with Gasteiger partial charge in [-0.15, -0.1) is 0 Å². The summed E-state index contributed by atoms with van der Waals surface area (Å²) in [5, 5.41) is 3.85. The van der Waals surface area contributed by atoms with Gasteiger partial charge in [0.25, 0.3) is 0 Å². The maximum absolute atomic E-state index is 3.85. The van der Waals surface area contributed by atoms with Gasteiger partial charge in [-0.05, 0) is 63.5 Å². The Morgan fingerprint density at radius 3 is 2.26 bits per heavy atom. The minimum absolute atomic E-state index is 0.508. The van der Waals surface area contributed by atoms with Crippen LogP contribution in [0.5, 0.6) is 0 Å². The van der Waals surface area contributed by atoms with E-state index in [1.165, 1.54) is 58.0 Å². The molecule has 0 aromatic carbocycles. The van der Waals surface area contributed by atoms with Gasteiger partial charge in [0.05, 0.1) is 0 Å². The first-order chi connectivity index (χ1) is 8.97. The molecule has 0 amide bonds. The van der Waals surface area contributed by atoms with Gasteiger partial charge in [0.15, 0.2) is 0 Å². The lowest BCUT2D eigenvalue weighted by molar-refractivity contribution is 0.145. The second-order valence-electron chi connectivity index (χ2n) is 7.95. The molecule has 112 valence electrons. The Morgan fingerprint density at radius 2 is 1.68 bits per heavy atom. The number of hydrogen-bond acceptors (Lipinski definition) is 2. The van der Waals surface area contributed by atoms with Crippen LogP contribution in [0.4, 0.5) is 0 Å². The number of nitrogens with zero attached hydrogens (tertiary/aromatic N) is 1. The van der Waals surface area contributed by atoms with Crippen LogP contribution in [-0.2, 0) is 0 Å². The molecule has 1 atom stereocenters. The molecule has 2 nitrogen and oxygen atoms in total. The van der Waals surface area contributed by atoms with Gasteiger partial charge in [-0.1, -0.05) is 27.2 Å². The largest absolute Gasteiger partial charge is 0.312 e. The van der Waals surface area contributed by atoms with Crippen molar-refractivity contribution in [1.82, 2.24) is 10.2 Å². The van der Waals surface area contributed by atoms with Gasteiger partial charge in [0.2, 0.25) is 0 Å². The molecule has 1 N–H and O–H groups in total. The molecule has 0 aromatic rings. The quantitative estimate of drug-likeness (QED) is 0.838. The highest BCUT2D eigenvalue weighted by molar-refractivity contribution is 4.85. The summed E-state index contributed by atoms with van der Waals surface area (Å²) in [6.07, 6.45) is 9.82. The number of nitrogens with one attached hydrogen (secondary N) is 1. The van der Waals surface area contributed by atoms with Crippen LogP contribution in [0.25, 0.3) is 0 Å². The predicted octanol–water partition coefficient (Wildman–Crippen LogP) is 3.67. The monoisotopic (exact) mass is 266 g/mol. The molecule has 1 aliphatic carbocycles. The fraction of sp³-hybridized carbons (Fsp3) is 1.00. The van der Waals surface area contributed by atoms with E-state index in [-0.39, 0.29) is 0 Å². The van der Waals surface area contributed by atoms with Gasteiger partial charge in [0.1, 0.15) is 0 Å². The standard InChI is InChI=1S/C17H34N2/c1-17(2,3)14-8-10-15(11-9-14)18-13-16-7-5-6-12-19(16)4/h14-16,18H,5-13H2,1-4H3. The van der Waals surface area contributed by atoms with Gasteiger partial charge < -0.3 is 10.2 Å². The second-order valence-corrected chi connectivity index (χ2v) is 7.95. The third kappa shape index (κ3) is 4.46. The fourth-order valence-corrected chi connectivity index (χ4v) is 3.87. The first-order valence-corrected chi connectivity index (χ1v) is 8.40. The van der Waals surface area contributed by atoms with Crippen molar-refractivity contribution >= 4 is 0 Å². The molecule has 1 aliphatic heterocycles. The topological polar surface area (TPSA) is 15.3 Å². The van der Waals surface area contributed by atoms with Crippen LogP contribution in [0.2, 0.25) is 0 Å². The molecule has 1 heterocycles. The summed E-state index contributed by atoms with van der Waals surface area (Å²) in [6, 6.07) is 1.57. The van der Waals surface area contributed by atoms with E-state index in [0.717, 1.165) is 18.0 Å². The molecule has 2 fully saturated rings. The molecule has 0 bridgehead atoms. The Morgan fingerprint density at radius 1 is 1.00 bits per heavy atom. The second kappa shape index (κ2) is 6.58. The fourth-order valence-electron chi connectivity index (χ4n) is 3.87. The number of piperidine rings is 1. The van der Waals surface area contributed by atoms with E-state index in [4.69, 9.17) is 0 Å². The molecule has 1 unspecified atom stereocenters. The van der Waals surface area contributed by atoms with E-state index >= 15 is 0 Å². The Kier molecular flexibility index (Phi) is 5.30. The first-order valence-electron chi connectivity index (χ1n) is 8.40. The van der Waals surface area contributed by atoms with Crippen LogP contribution in [-0.4, -0.2) is 37.1 Å². The van der Waals surface area contributed by atoms with Gasteiger partial charge >= 0.3 is 0 Å². The summed E-state index contributed by atoms with van der Waals surface area (Å²) in [5.74, 6) is 0.933. The molecule has 2 rings (SSSR count). The lowest BCUT2D eigenvalue weighted by atomic mass is 9.71. The smallest absolute Gasteiger partial charge is 0.0217 e. The molecule has 19 heavy (non-hydrogen) atoms. The molecule has 2 heteroatoms. The van der Waals surface area contributed by atoms with Gasteiger partial charge in [-0.3, -0.25) is 0 Å². The number of rotatable bonds is 3. The van der Waals surface area contributed by atoms with Crippen molar-refractivity contribution in [1.29, 1.82) is 0 Å². The van der Waals surface area contributed by atoms with Crippen molar-refractivity contribution in [3.63, 3.8) is 0 Å². The average molecular weight is 266 g/mol. The van der Waals surface area contributed by atoms with Crippen molar-refractivity contribution in [2.75, 3.05) is 20.1 Å². The number of likely N-dealkylation sites (tertiary alicyclic amines) is 1. The van der Waals surface area contributed by atoms with E-state index in [2.05, 4.69) is 38.0 Å². The molecule has 1 saturated heterocycles. The molecular weight excluding hydrogens is 232 g/mol. The number of likely N-dealkylation sites (N-methyl/N-ethyl adjacent to an activating group) is 1.